The van der Waals surface area contributed by atoms with E-state index in [1.807, 2.05) is 24.3 Å². The molecule has 4 rings (SSSR count). The van der Waals surface area contributed by atoms with Gasteiger partial charge in [-0.05, 0) is 75.5 Å². The lowest BCUT2D eigenvalue weighted by atomic mass is 10.0. The first-order valence-corrected chi connectivity index (χ1v) is 24.0. The van der Waals surface area contributed by atoms with Crippen molar-refractivity contribution in [2.24, 2.45) is 17.2 Å². The molecular weight excluding hydrogens is 933 g/mol. The number of para-hydroxylation sites is 1. The fraction of sp³-hybridized carbons (Fsp3) is 0.511. The third-order valence-electron chi connectivity index (χ3n) is 11.9. The van der Waals surface area contributed by atoms with Gasteiger partial charge in [0.25, 0.3) is 0 Å². The molecule has 0 saturated carbocycles. The summed E-state index contributed by atoms with van der Waals surface area (Å²) < 4.78 is 0. The summed E-state index contributed by atoms with van der Waals surface area (Å²) >= 11 is 0. The van der Waals surface area contributed by atoms with Gasteiger partial charge in [0.05, 0.1) is 30.6 Å². The number of guanidine groups is 2. The number of hydrogen-bond donors (Lipinski definition) is 18. The quantitative estimate of drug-likeness (QED) is 0.0272. The number of fused-ring (bicyclic) bond motifs is 1. The van der Waals surface area contributed by atoms with E-state index in [9.17, 15) is 43.8 Å². The zero-order chi connectivity index (χ0) is 52.7. The maximum Gasteiger partial charge on any atom is 0.243 e. The number of aliphatic hydroxyl groups excluding tert-OH is 2. The Morgan fingerprint density at radius 2 is 1.43 bits per heavy atom. The number of amides is 7. The van der Waals surface area contributed by atoms with Crippen LogP contribution in [0.3, 0.4) is 0 Å². The number of aromatic amines is 1. The fourth-order valence-electron chi connectivity index (χ4n) is 8.09. The molecule has 0 bridgehead atoms. The van der Waals surface area contributed by atoms with Gasteiger partial charge in [-0.25, -0.2) is 0 Å². The van der Waals surface area contributed by atoms with E-state index in [2.05, 4.69) is 58.2 Å². The molecule has 0 aliphatic carbocycles. The summed E-state index contributed by atoms with van der Waals surface area (Å²) in [6, 6.07) is 7.51. The largest absolute Gasteiger partial charge is 0.376 e. The summed E-state index contributed by atoms with van der Waals surface area (Å²) in [6.45, 7) is 3.14. The second kappa shape index (κ2) is 29.1. The Balaban J connectivity index is 1.70. The molecule has 72 heavy (non-hydrogen) atoms. The van der Waals surface area contributed by atoms with Crippen LogP contribution >= 0.6 is 0 Å². The topological polar surface area (TPSA) is 422 Å². The summed E-state index contributed by atoms with van der Waals surface area (Å²) in [5, 5.41) is 65.9. The molecule has 25 nitrogen and oxygen atoms in total. The Hall–Kier alpha value is -7.35. The van der Waals surface area contributed by atoms with Gasteiger partial charge in [-0.3, -0.25) is 55.0 Å². The van der Waals surface area contributed by atoms with E-state index in [-0.39, 0.29) is 76.5 Å². The van der Waals surface area contributed by atoms with Crippen LogP contribution < -0.4 is 70.4 Å². The van der Waals surface area contributed by atoms with Crippen LogP contribution in [-0.4, -0.2) is 143 Å². The van der Waals surface area contributed by atoms with Crippen molar-refractivity contribution in [1.29, 1.82) is 10.8 Å². The standard InChI is InChI=1S/C47H72N16O9/c1-26-40(67)61-35(22-28-12-4-3-5-13-28)44(71)60-34(18-11-21-55-47(51)52)42(69)62-36(23-29-25-56-31-15-7-6-14-30(29)31)45(72)59-32(39(48)66)16-8-9-19-53-38(65)24-37(43(70)57-26)63-41(68)33(58-27(2)64)17-10-20-54-46(49)50/h3-7,12-15,25-26,32-37,40-41,56,61,63,67-68H,8-11,16-24H2,1-2H3,(H2,48,66)(H,53,65)(H,57,70)(H,58,64)(H,59,72)(H,60,71)(H,62,69)(H4,49,50,54)(H4,51,52,55)/t26-,32-,33+,34-,35+,36-,37-,40?,41?/m0/s1. The van der Waals surface area contributed by atoms with Crippen LogP contribution in [0, 0.1) is 10.8 Å². The van der Waals surface area contributed by atoms with E-state index in [4.69, 9.17) is 28.0 Å². The van der Waals surface area contributed by atoms with Crippen molar-refractivity contribution in [3.05, 3.63) is 71.9 Å². The van der Waals surface area contributed by atoms with E-state index >= 15 is 0 Å². The third-order valence-corrected chi connectivity index (χ3v) is 11.9. The van der Waals surface area contributed by atoms with Gasteiger partial charge in [-0.2, -0.15) is 0 Å². The Labute approximate surface area is 417 Å². The van der Waals surface area contributed by atoms with Crippen molar-refractivity contribution in [3.8, 4) is 0 Å². The molecule has 25 heteroatoms. The fourth-order valence-corrected chi connectivity index (χ4v) is 8.09. The van der Waals surface area contributed by atoms with E-state index in [0.29, 0.717) is 24.0 Å². The zero-order valence-corrected chi connectivity index (χ0v) is 40.6. The molecule has 1 fully saturated rings. The molecule has 394 valence electrons. The average molecular weight is 1010 g/mol. The minimum Gasteiger partial charge on any atom is -0.376 e. The summed E-state index contributed by atoms with van der Waals surface area (Å²) in [6.07, 6.45) is -0.780. The highest BCUT2D eigenvalue weighted by Gasteiger charge is 2.34. The molecule has 1 aliphatic heterocycles. The Morgan fingerprint density at radius 1 is 0.792 bits per heavy atom. The Morgan fingerprint density at radius 3 is 2.11 bits per heavy atom. The highest BCUT2D eigenvalue weighted by Crippen LogP contribution is 2.20. The monoisotopic (exact) mass is 1000 g/mol. The molecule has 21 N–H and O–H groups in total. The van der Waals surface area contributed by atoms with Crippen LogP contribution in [0.15, 0.2) is 60.8 Å². The molecule has 3 aromatic rings. The number of hydrogen-bond acceptors (Lipinski definition) is 13. The van der Waals surface area contributed by atoms with E-state index in [1.165, 1.54) is 13.8 Å². The van der Waals surface area contributed by atoms with Crippen molar-refractivity contribution in [3.63, 3.8) is 0 Å². The number of nitrogens with two attached hydrogens (primary N) is 3. The zero-order valence-electron chi connectivity index (χ0n) is 40.6. The van der Waals surface area contributed by atoms with Crippen molar-refractivity contribution in [2.45, 2.75) is 133 Å². The van der Waals surface area contributed by atoms with Crippen molar-refractivity contribution < 1.29 is 43.8 Å². The summed E-state index contributed by atoms with van der Waals surface area (Å²) in [7, 11) is 0. The lowest BCUT2D eigenvalue weighted by Crippen LogP contribution is -2.61. The first-order valence-electron chi connectivity index (χ1n) is 24.0. The van der Waals surface area contributed by atoms with Crippen LogP contribution in [0.2, 0.25) is 0 Å². The van der Waals surface area contributed by atoms with Crippen molar-refractivity contribution >= 4 is 64.2 Å². The van der Waals surface area contributed by atoms with Crippen LogP contribution in [-0.2, 0) is 46.4 Å². The van der Waals surface area contributed by atoms with Gasteiger partial charge in [0.15, 0.2) is 11.9 Å². The molecule has 7 amide bonds. The number of carbonyl (C=O) groups is 7. The van der Waals surface area contributed by atoms with E-state index in [1.54, 1.807) is 36.5 Å². The van der Waals surface area contributed by atoms with Crippen molar-refractivity contribution in [1.82, 2.24) is 58.2 Å². The number of benzene rings is 2. The van der Waals surface area contributed by atoms with E-state index in [0.717, 1.165) is 10.9 Å². The molecule has 2 unspecified atom stereocenters. The molecule has 1 saturated heterocycles. The number of H-pyrrole nitrogens is 1. The lowest BCUT2D eigenvalue weighted by Gasteiger charge is -2.31. The minimum atomic E-state index is -1.63. The molecule has 2 heterocycles. The first kappa shape index (κ1) is 57.2. The molecule has 9 atom stereocenters. The second-order valence-corrected chi connectivity index (χ2v) is 17.8. The van der Waals surface area contributed by atoms with Gasteiger partial charge in [0.2, 0.25) is 41.4 Å². The van der Waals surface area contributed by atoms with Gasteiger partial charge in [0.1, 0.15) is 30.6 Å². The van der Waals surface area contributed by atoms with Gasteiger partial charge in [-0.1, -0.05) is 48.5 Å². The SMILES string of the molecule is CC(=O)N[C@H](CCCNC(=N)N)C(O)N[C@H]1CC(=O)NCCCC[C@@H](C(N)=O)NC(=O)[C@H](Cc2c[nH]c3ccccc23)NC(=O)[C@H](CCCNC(=N)N)NC(=O)[C@@H](Cc2ccccc2)NC(O)[C@H](C)NC1=O. The van der Waals surface area contributed by atoms with Crippen LogP contribution in [0.5, 0.6) is 0 Å². The van der Waals surface area contributed by atoms with Gasteiger partial charge in [-0.15, -0.1) is 0 Å². The molecule has 1 aromatic heterocycles. The number of aromatic nitrogens is 1. The number of rotatable bonds is 17. The minimum absolute atomic E-state index is 0.0125. The number of carbonyl (C=O) groups excluding carboxylic acids is 7. The maximum atomic E-state index is 14.5. The van der Waals surface area contributed by atoms with Crippen LogP contribution in [0.4, 0.5) is 0 Å². The highest BCUT2D eigenvalue weighted by molar-refractivity contribution is 5.95. The number of nitrogens with one attached hydrogen (secondary N) is 13. The number of primary amides is 1. The molecule has 0 radical (unpaired) electrons. The average Bonchev–Trinajstić information content (AvgIpc) is 3.74. The molecule has 1 aliphatic rings. The van der Waals surface area contributed by atoms with Gasteiger partial charge in [0, 0.05) is 50.1 Å². The molecule has 2 aromatic carbocycles. The molecule has 0 spiro atoms. The molecular formula is C47H72N16O9. The maximum absolute atomic E-state index is 14.5. The van der Waals surface area contributed by atoms with Crippen molar-refractivity contribution in [2.75, 3.05) is 19.6 Å². The van der Waals surface area contributed by atoms with Gasteiger partial charge >= 0.3 is 0 Å². The van der Waals surface area contributed by atoms with E-state index < -0.39 is 103 Å². The van der Waals surface area contributed by atoms with Crippen LogP contribution in [0.1, 0.15) is 76.3 Å². The summed E-state index contributed by atoms with van der Waals surface area (Å²) in [4.78, 5) is 98.8. The third kappa shape index (κ3) is 19.4. The van der Waals surface area contributed by atoms with Crippen LogP contribution in [0.25, 0.3) is 10.9 Å². The lowest BCUT2D eigenvalue weighted by molar-refractivity contribution is -0.134. The highest BCUT2D eigenvalue weighted by atomic mass is 16.3. The normalized spacial score (nSPS) is 23.2. The first-order chi connectivity index (χ1) is 34.3. The predicted octanol–water partition coefficient (Wildman–Crippen LogP) is -3.33. The smallest absolute Gasteiger partial charge is 0.243 e. The Kier molecular flexibility index (Phi) is 23.1. The second-order valence-electron chi connectivity index (χ2n) is 17.8. The Bertz CT molecular complexity index is 2320. The predicted molar refractivity (Wildman–Crippen MR) is 268 cm³/mol. The summed E-state index contributed by atoms with van der Waals surface area (Å²) in [5.74, 6) is -5.62. The number of aliphatic hydroxyl groups is 2. The summed E-state index contributed by atoms with van der Waals surface area (Å²) in [5.41, 5.74) is 18.8. The van der Waals surface area contributed by atoms with Gasteiger partial charge < -0.3 is 74.9 Å².